The zero-order valence-corrected chi connectivity index (χ0v) is 16.1. The van der Waals surface area contributed by atoms with Crippen molar-refractivity contribution in [1.82, 2.24) is 0 Å². The molecule has 3 rings (SSSR count). The first-order valence-corrected chi connectivity index (χ1v) is 9.23. The Bertz CT molecular complexity index is 1010. The molecule has 0 unspecified atom stereocenters. The maximum atomic E-state index is 12.5. The molecular formula is C24H21NO4. The highest BCUT2D eigenvalue weighted by atomic mass is 16.5. The van der Waals surface area contributed by atoms with Gasteiger partial charge in [-0.15, -0.1) is 0 Å². The molecule has 0 saturated carbocycles. The van der Waals surface area contributed by atoms with Crippen LogP contribution in [0.15, 0.2) is 78.9 Å². The largest absolute Gasteiger partial charge is 0.454 e. The summed E-state index contributed by atoms with van der Waals surface area (Å²) in [6.07, 6.45) is 0.191. The zero-order chi connectivity index (χ0) is 20.6. The predicted molar refractivity (Wildman–Crippen MR) is 111 cm³/mol. The van der Waals surface area contributed by atoms with Crippen LogP contribution in [0.4, 0.5) is 5.69 Å². The van der Waals surface area contributed by atoms with Crippen LogP contribution in [0.25, 0.3) is 0 Å². The molecule has 0 bridgehead atoms. The number of carbonyl (C=O) groups excluding carboxylic acids is 3. The zero-order valence-electron chi connectivity index (χ0n) is 16.1. The molecule has 3 aromatic carbocycles. The van der Waals surface area contributed by atoms with Crippen molar-refractivity contribution in [2.24, 2.45) is 0 Å². The van der Waals surface area contributed by atoms with Crippen molar-refractivity contribution in [2.75, 3.05) is 11.9 Å². The van der Waals surface area contributed by atoms with E-state index in [1.54, 1.807) is 36.4 Å². The molecule has 0 aliphatic heterocycles. The number of aryl methyl sites for hydroxylation is 1. The first-order chi connectivity index (χ1) is 14.0. The fourth-order valence-corrected chi connectivity index (χ4v) is 2.78. The number of hydrogen-bond acceptors (Lipinski definition) is 4. The van der Waals surface area contributed by atoms with Gasteiger partial charge in [-0.1, -0.05) is 72.3 Å². The molecule has 29 heavy (non-hydrogen) atoms. The summed E-state index contributed by atoms with van der Waals surface area (Å²) in [5.74, 6) is -1.20. The molecule has 0 aliphatic rings. The van der Waals surface area contributed by atoms with Gasteiger partial charge in [0, 0.05) is 5.56 Å². The second kappa shape index (κ2) is 9.46. The van der Waals surface area contributed by atoms with E-state index in [0.717, 1.165) is 11.1 Å². The lowest BCUT2D eigenvalue weighted by atomic mass is 10.1. The molecule has 5 nitrogen and oxygen atoms in total. The number of rotatable bonds is 7. The summed E-state index contributed by atoms with van der Waals surface area (Å²) in [5.41, 5.74) is 2.94. The Balaban J connectivity index is 1.63. The summed E-state index contributed by atoms with van der Waals surface area (Å²) < 4.78 is 5.18. The summed E-state index contributed by atoms with van der Waals surface area (Å²) in [6, 6.07) is 22.9. The molecule has 1 amide bonds. The van der Waals surface area contributed by atoms with Crippen LogP contribution >= 0.6 is 0 Å². The van der Waals surface area contributed by atoms with Crippen LogP contribution < -0.4 is 5.32 Å². The Morgan fingerprint density at radius 1 is 0.828 bits per heavy atom. The average Bonchev–Trinajstić information content (AvgIpc) is 2.73. The van der Waals surface area contributed by atoms with E-state index in [0.29, 0.717) is 11.3 Å². The maximum absolute atomic E-state index is 12.5. The molecule has 0 aliphatic carbocycles. The molecule has 0 aromatic heterocycles. The lowest BCUT2D eigenvalue weighted by Gasteiger charge is -2.11. The van der Waals surface area contributed by atoms with Gasteiger partial charge in [-0.25, -0.2) is 4.79 Å². The van der Waals surface area contributed by atoms with Gasteiger partial charge in [0.2, 0.25) is 5.91 Å². The van der Waals surface area contributed by atoms with E-state index in [9.17, 15) is 14.4 Å². The predicted octanol–water partition coefficient (Wildman–Crippen LogP) is 4.22. The number of ether oxygens (including phenoxy) is 1. The van der Waals surface area contributed by atoms with E-state index in [2.05, 4.69) is 5.32 Å². The summed E-state index contributed by atoms with van der Waals surface area (Å²) in [5, 5.41) is 2.74. The number of nitrogens with one attached hydrogen (secondary N) is 1. The van der Waals surface area contributed by atoms with Crippen molar-refractivity contribution in [1.29, 1.82) is 0 Å². The van der Waals surface area contributed by atoms with Crippen LogP contribution in [0.5, 0.6) is 0 Å². The third kappa shape index (κ3) is 5.62. The van der Waals surface area contributed by atoms with E-state index in [-0.39, 0.29) is 30.3 Å². The minimum atomic E-state index is -0.666. The molecule has 0 atom stereocenters. The van der Waals surface area contributed by atoms with Gasteiger partial charge >= 0.3 is 5.97 Å². The number of benzene rings is 3. The number of amides is 1. The number of anilines is 1. The van der Waals surface area contributed by atoms with Crippen molar-refractivity contribution in [3.05, 3.63) is 101 Å². The first-order valence-electron chi connectivity index (χ1n) is 9.23. The van der Waals surface area contributed by atoms with E-state index >= 15 is 0 Å². The summed E-state index contributed by atoms with van der Waals surface area (Å²) in [6.45, 7) is 1.56. The molecule has 146 valence electrons. The molecular weight excluding hydrogens is 366 g/mol. The molecule has 0 saturated heterocycles. The third-order valence-corrected chi connectivity index (χ3v) is 4.34. The quantitative estimate of drug-likeness (QED) is 0.487. The van der Waals surface area contributed by atoms with E-state index in [1.165, 1.54) is 0 Å². The Kier molecular flexibility index (Phi) is 6.53. The van der Waals surface area contributed by atoms with Gasteiger partial charge in [0.1, 0.15) is 0 Å². The van der Waals surface area contributed by atoms with Crippen molar-refractivity contribution in [3.8, 4) is 0 Å². The molecule has 0 fully saturated rings. The molecule has 5 heteroatoms. The number of Topliss-reactive ketones (excluding diaryl/α,β-unsaturated/α-hetero) is 1. The van der Waals surface area contributed by atoms with Crippen molar-refractivity contribution in [3.63, 3.8) is 0 Å². The summed E-state index contributed by atoms with van der Waals surface area (Å²) >= 11 is 0. The van der Waals surface area contributed by atoms with Crippen LogP contribution in [-0.2, 0) is 16.0 Å². The highest BCUT2D eigenvalue weighted by Crippen LogP contribution is 2.17. The van der Waals surface area contributed by atoms with Crippen LogP contribution in [0.1, 0.15) is 31.8 Å². The molecule has 3 aromatic rings. The monoisotopic (exact) mass is 387 g/mol. The number of carbonyl (C=O) groups is 3. The fourth-order valence-electron chi connectivity index (χ4n) is 2.78. The number of esters is 1. The van der Waals surface area contributed by atoms with Gasteiger partial charge in [-0.2, -0.15) is 0 Å². The van der Waals surface area contributed by atoms with Crippen LogP contribution in [0, 0.1) is 6.92 Å². The summed E-state index contributed by atoms with van der Waals surface area (Å²) in [4.78, 5) is 37.0. The van der Waals surface area contributed by atoms with Gasteiger partial charge < -0.3 is 10.1 Å². The van der Waals surface area contributed by atoms with Crippen molar-refractivity contribution in [2.45, 2.75) is 13.3 Å². The van der Waals surface area contributed by atoms with Crippen LogP contribution in [-0.4, -0.2) is 24.3 Å². The average molecular weight is 387 g/mol. The van der Waals surface area contributed by atoms with Gasteiger partial charge in [-0.05, 0) is 24.6 Å². The van der Waals surface area contributed by atoms with Crippen molar-refractivity contribution >= 4 is 23.3 Å². The van der Waals surface area contributed by atoms with Gasteiger partial charge in [0.05, 0.1) is 17.7 Å². The lowest BCUT2D eigenvalue weighted by molar-refractivity contribution is -0.115. The fraction of sp³-hybridized carbons (Fsp3) is 0.125. The summed E-state index contributed by atoms with van der Waals surface area (Å²) in [7, 11) is 0. The first kappa shape index (κ1) is 20.0. The second-order valence-electron chi connectivity index (χ2n) is 6.62. The van der Waals surface area contributed by atoms with Gasteiger partial charge in [-0.3, -0.25) is 9.59 Å². The van der Waals surface area contributed by atoms with Gasteiger partial charge in [0.15, 0.2) is 12.4 Å². The topological polar surface area (TPSA) is 72.5 Å². The number of ketones is 1. The third-order valence-electron chi connectivity index (χ3n) is 4.34. The highest BCUT2D eigenvalue weighted by molar-refractivity contribution is 6.03. The number of para-hydroxylation sites is 1. The molecule has 0 spiro atoms. The maximum Gasteiger partial charge on any atom is 0.340 e. The SMILES string of the molecule is Cc1ccc(C(=O)COC(=O)c2ccccc2NC(=O)Cc2ccccc2)cc1. The van der Waals surface area contributed by atoms with Gasteiger partial charge in [0.25, 0.3) is 0 Å². The Labute approximate surface area is 169 Å². The molecule has 0 radical (unpaired) electrons. The Hall–Kier alpha value is -3.73. The van der Waals surface area contributed by atoms with Crippen LogP contribution in [0.3, 0.4) is 0 Å². The van der Waals surface area contributed by atoms with E-state index in [4.69, 9.17) is 4.74 Å². The van der Waals surface area contributed by atoms with E-state index < -0.39 is 5.97 Å². The highest BCUT2D eigenvalue weighted by Gasteiger charge is 2.16. The number of hydrogen-bond donors (Lipinski definition) is 1. The minimum absolute atomic E-state index is 0.191. The van der Waals surface area contributed by atoms with Crippen LogP contribution in [0.2, 0.25) is 0 Å². The Morgan fingerprint density at radius 3 is 2.21 bits per heavy atom. The normalized spacial score (nSPS) is 10.2. The molecule has 0 heterocycles. The Morgan fingerprint density at radius 2 is 1.48 bits per heavy atom. The minimum Gasteiger partial charge on any atom is -0.454 e. The lowest BCUT2D eigenvalue weighted by Crippen LogP contribution is -2.19. The second-order valence-corrected chi connectivity index (χ2v) is 6.62. The van der Waals surface area contributed by atoms with Crippen molar-refractivity contribution < 1.29 is 19.1 Å². The smallest absolute Gasteiger partial charge is 0.340 e. The molecule has 1 N–H and O–H groups in total. The van der Waals surface area contributed by atoms with E-state index in [1.807, 2.05) is 49.4 Å². The standard InChI is InChI=1S/C24H21NO4/c1-17-11-13-19(14-12-17)22(26)16-29-24(28)20-9-5-6-10-21(20)25-23(27)15-18-7-3-2-4-8-18/h2-14H,15-16H2,1H3,(H,25,27).